The van der Waals surface area contributed by atoms with E-state index in [-0.39, 0.29) is 23.7 Å². The van der Waals surface area contributed by atoms with Crippen LogP contribution < -0.4 is 9.46 Å². The first-order chi connectivity index (χ1) is 22.6. The van der Waals surface area contributed by atoms with Gasteiger partial charge in [-0.1, -0.05) is 63.2 Å². The lowest BCUT2D eigenvalue weighted by atomic mass is 9.82. The van der Waals surface area contributed by atoms with E-state index in [1.807, 2.05) is 65.0 Å². The van der Waals surface area contributed by atoms with Crippen molar-refractivity contribution < 1.29 is 24.2 Å². The maximum Gasteiger partial charge on any atom is 0.410 e. The number of fused-ring (bicyclic) bond motifs is 1. The number of carboxylic acids is 1. The first-order valence-corrected chi connectivity index (χ1v) is 16.9. The number of benzene rings is 3. The van der Waals surface area contributed by atoms with Gasteiger partial charge in [-0.15, -0.1) is 0 Å². The van der Waals surface area contributed by atoms with Crippen molar-refractivity contribution in [2.45, 2.75) is 83.8 Å². The summed E-state index contributed by atoms with van der Waals surface area (Å²) in [7, 11) is 0. The zero-order valence-corrected chi connectivity index (χ0v) is 29.7. The van der Waals surface area contributed by atoms with E-state index in [4.69, 9.17) is 19.4 Å². The van der Waals surface area contributed by atoms with Crippen LogP contribution in [0.4, 0.5) is 10.7 Å². The predicted octanol–water partition coefficient (Wildman–Crippen LogP) is 8.79. The van der Waals surface area contributed by atoms with Crippen LogP contribution in [0, 0.1) is 13.8 Å². The summed E-state index contributed by atoms with van der Waals surface area (Å²) >= 11 is 1.21. The highest BCUT2D eigenvalue weighted by Gasteiger charge is 2.35. The number of aromatic nitrogens is 2. The van der Waals surface area contributed by atoms with Crippen LogP contribution in [0.3, 0.4) is 0 Å². The van der Waals surface area contributed by atoms with Gasteiger partial charge in [0.05, 0.1) is 17.3 Å². The van der Waals surface area contributed by atoms with Crippen molar-refractivity contribution >= 4 is 30.0 Å². The summed E-state index contributed by atoms with van der Waals surface area (Å²) in [5, 5.41) is 9.43. The lowest BCUT2D eigenvalue weighted by Crippen LogP contribution is -2.45. The fraction of sp³-hybridized carbons (Fsp3) is 0.368. The highest BCUT2D eigenvalue weighted by Crippen LogP contribution is 2.36. The number of amides is 1. The van der Waals surface area contributed by atoms with Gasteiger partial charge in [-0.25, -0.2) is 14.6 Å². The third-order valence-electron chi connectivity index (χ3n) is 8.16. The summed E-state index contributed by atoms with van der Waals surface area (Å²) in [5.74, 6) is -0.355. The number of carbonyl (C=O) groups is 2. The Labute approximate surface area is 287 Å². The molecule has 2 heterocycles. The third kappa shape index (κ3) is 8.28. The first kappa shape index (κ1) is 34.8. The fourth-order valence-corrected chi connectivity index (χ4v) is 6.38. The van der Waals surface area contributed by atoms with Crippen LogP contribution in [-0.2, 0) is 16.6 Å². The number of hydrogen-bond donors (Lipinski definition) is 2. The van der Waals surface area contributed by atoms with E-state index < -0.39 is 17.6 Å². The van der Waals surface area contributed by atoms with E-state index in [1.165, 1.54) is 23.1 Å². The summed E-state index contributed by atoms with van der Waals surface area (Å²) in [4.78, 5) is 37.0. The third-order valence-corrected chi connectivity index (χ3v) is 8.94. The van der Waals surface area contributed by atoms with Gasteiger partial charge in [-0.3, -0.25) is 9.62 Å². The van der Waals surface area contributed by atoms with E-state index in [0.717, 1.165) is 22.3 Å². The second-order valence-electron chi connectivity index (χ2n) is 14.1. The molecule has 3 aromatic carbocycles. The zero-order chi connectivity index (χ0) is 34.8. The summed E-state index contributed by atoms with van der Waals surface area (Å²) in [6, 6.07) is 20.6. The van der Waals surface area contributed by atoms with Crippen LogP contribution in [0.2, 0.25) is 0 Å². The van der Waals surface area contributed by atoms with Crippen molar-refractivity contribution in [3.8, 4) is 17.1 Å². The Morgan fingerprint density at radius 2 is 1.67 bits per heavy atom. The Morgan fingerprint density at radius 3 is 2.33 bits per heavy atom. The molecule has 1 amide bonds. The molecule has 1 aromatic heterocycles. The van der Waals surface area contributed by atoms with Gasteiger partial charge in [0, 0.05) is 23.1 Å². The molecule has 0 saturated carbocycles. The topological polar surface area (TPSA) is 114 Å². The van der Waals surface area contributed by atoms with Crippen molar-refractivity contribution in [1.82, 2.24) is 14.9 Å². The quantitative estimate of drug-likeness (QED) is 0.178. The molecule has 1 atom stereocenters. The maximum atomic E-state index is 13.5. The van der Waals surface area contributed by atoms with Crippen LogP contribution in [0.1, 0.15) is 85.8 Å². The lowest BCUT2D eigenvalue weighted by molar-refractivity contribution is 0.00828. The minimum atomic E-state index is -0.999. The lowest BCUT2D eigenvalue weighted by Gasteiger charge is -2.38. The second kappa shape index (κ2) is 13.9. The normalized spacial score (nSPS) is 14.7. The minimum Gasteiger partial charge on any atom is -0.478 e. The molecular weight excluding hydrogens is 625 g/mol. The molecule has 252 valence electrons. The smallest absolute Gasteiger partial charge is 0.410 e. The Hall–Kier alpha value is -4.57. The number of carboxylic acid groups (broad SMARTS) is 1. The van der Waals surface area contributed by atoms with Gasteiger partial charge in [0.2, 0.25) is 11.8 Å². The molecule has 9 nitrogen and oxygen atoms in total. The Morgan fingerprint density at radius 1 is 0.958 bits per heavy atom. The molecule has 5 rings (SSSR count). The van der Waals surface area contributed by atoms with Gasteiger partial charge >= 0.3 is 12.1 Å². The van der Waals surface area contributed by atoms with E-state index >= 15 is 0 Å². The molecule has 48 heavy (non-hydrogen) atoms. The van der Waals surface area contributed by atoms with E-state index in [1.54, 1.807) is 23.1 Å². The van der Waals surface area contributed by atoms with Gasteiger partial charge in [0.1, 0.15) is 12.2 Å². The van der Waals surface area contributed by atoms with Gasteiger partial charge in [-0.2, -0.15) is 4.98 Å². The number of ether oxygens (including phenoxy) is 2. The average molecular weight is 669 g/mol. The van der Waals surface area contributed by atoms with Gasteiger partial charge < -0.3 is 14.6 Å². The standard InChI is InChI=1S/C38H44N4O5S/c1-23-11-9-12-24(2)33(23)30-21-32(40-35(39-30)41-48-28-14-10-13-26(20-28)34(43)44)46-22-31-29-16-15-27(37(3,4)5)19-25(29)17-18-42(31)36(45)47-38(6,7)8/h9-16,19-21,31H,17-18,22H2,1-8H3,(H,43,44)(H,39,40,41). The number of hydrogen-bond acceptors (Lipinski definition) is 8. The van der Waals surface area contributed by atoms with E-state index in [0.29, 0.717) is 35.4 Å². The minimum absolute atomic E-state index is 0.00919. The van der Waals surface area contributed by atoms with Crippen LogP contribution in [-0.4, -0.2) is 50.8 Å². The monoisotopic (exact) mass is 668 g/mol. The molecule has 0 bridgehead atoms. The molecule has 1 unspecified atom stereocenters. The number of aryl methyl sites for hydroxylation is 2. The molecule has 0 aliphatic carbocycles. The van der Waals surface area contributed by atoms with Crippen LogP contribution in [0.25, 0.3) is 11.3 Å². The van der Waals surface area contributed by atoms with Crippen LogP contribution in [0.5, 0.6) is 5.88 Å². The summed E-state index contributed by atoms with van der Waals surface area (Å²) < 4.78 is 15.5. The molecule has 0 fully saturated rings. The van der Waals surface area contributed by atoms with E-state index in [9.17, 15) is 14.7 Å². The van der Waals surface area contributed by atoms with Gasteiger partial charge in [0.15, 0.2) is 0 Å². The zero-order valence-electron chi connectivity index (χ0n) is 28.9. The van der Waals surface area contributed by atoms with Crippen molar-refractivity contribution in [1.29, 1.82) is 0 Å². The highest BCUT2D eigenvalue weighted by atomic mass is 32.2. The Bertz CT molecular complexity index is 1810. The molecule has 1 aliphatic heterocycles. The largest absolute Gasteiger partial charge is 0.478 e. The second-order valence-corrected chi connectivity index (χ2v) is 15.0. The van der Waals surface area contributed by atoms with Gasteiger partial charge in [0.25, 0.3) is 0 Å². The Balaban J connectivity index is 1.49. The molecule has 0 radical (unpaired) electrons. The molecule has 1 aliphatic rings. The van der Waals surface area contributed by atoms with Crippen molar-refractivity contribution in [3.05, 3.63) is 100 Å². The van der Waals surface area contributed by atoms with E-state index in [2.05, 4.69) is 43.7 Å². The predicted molar refractivity (Wildman–Crippen MR) is 190 cm³/mol. The Kier molecular flexibility index (Phi) is 10.1. The highest BCUT2D eigenvalue weighted by molar-refractivity contribution is 8.00. The molecule has 2 N–H and O–H groups in total. The molecule has 0 spiro atoms. The van der Waals surface area contributed by atoms with Crippen molar-refractivity contribution in [2.75, 3.05) is 17.9 Å². The molecule has 4 aromatic rings. The number of nitrogens with zero attached hydrogens (tertiary/aromatic N) is 3. The average Bonchev–Trinajstić information content (AvgIpc) is 3.01. The molecule has 0 saturated heterocycles. The number of rotatable bonds is 8. The number of nitrogens with one attached hydrogen (secondary N) is 1. The van der Waals surface area contributed by atoms with Crippen molar-refractivity contribution in [2.24, 2.45) is 0 Å². The molecular formula is C38H44N4O5S. The number of anilines is 1. The molecule has 10 heteroatoms. The first-order valence-electron chi connectivity index (χ1n) is 16.1. The van der Waals surface area contributed by atoms with Crippen LogP contribution >= 0.6 is 11.9 Å². The summed E-state index contributed by atoms with van der Waals surface area (Å²) in [5.41, 5.74) is 6.75. The van der Waals surface area contributed by atoms with Gasteiger partial charge in [-0.05, 0) is 104 Å². The fourth-order valence-electron chi connectivity index (χ4n) is 5.75. The maximum absolute atomic E-state index is 13.5. The SMILES string of the molecule is Cc1cccc(C)c1-c1cc(OCC2c3ccc(C(C)(C)C)cc3CCN2C(=O)OC(C)(C)C)nc(NSc2cccc(C(=O)O)c2)n1. The number of aromatic carboxylic acids is 1. The van der Waals surface area contributed by atoms with Crippen molar-refractivity contribution in [3.63, 3.8) is 0 Å². The number of carbonyl (C=O) groups excluding carboxylic acids is 1. The van der Waals surface area contributed by atoms with Crippen LogP contribution in [0.15, 0.2) is 71.6 Å². The summed E-state index contributed by atoms with van der Waals surface area (Å²) in [6.07, 6.45) is 0.330. The summed E-state index contributed by atoms with van der Waals surface area (Å²) in [6.45, 7) is 16.9.